The predicted octanol–water partition coefficient (Wildman–Crippen LogP) is 1.68. The average Bonchev–Trinajstić information content (AvgIpc) is 2.83. The van der Waals surface area contributed by atoms with E-state index in [1.807, 2.05) is 6.92 Å². The van der Waals surface area contributed by atoms with E-state index in [4.69, 9.17) is 17.3 Å². The fourth-order valence-electron chi connectivity index (χ4n) is 1.65. The van der Waals surface area contributed by atoms with Crippen LogP contribution in [-0.2, 0) is 6.42 Å². The Hall–Kier alpha value is -1.95. The van der Waals surface area contributed by atoms with Gasteiger partial charge in [-0.3, -0.25) is 4.79 Å². The molecule has 0 saturated heterocycles. The number of primary amides is 1. The largest absolute Gasteiger partial charge is 0.364 e. The van der Waals surface area contributed by atoms with Crippen LogP contribution >= 0.6 is 11.6 Å². The van der Waals surface area contributed by atoms with Crippen molar-refractivity contribution in [2.45, 2.75) is 26.7 Å². The van der Waals surface area contributed by atoms with Crippen LogP contribution in [0.15, 0.2) is 12.3 Å². The minimum Gasteiger partial charge on any atom is -0.364 e. The van der Waals surface area contributed by atoms with Gasteiger partial charge >= 0.3 is 0 Å². The van der Waals surface area contributed by atoms with Crippen LogP contribution in [0.4, 0.5) is 0 Å². The number of carbonyl (C=O) groups excluding carboxylic acids is 1. The summed E-state index contributed by atoms with van der Waals surface area (Å²) in [5, 5.41) is 4.47. The van der Waals surface area contributed by atoms with Crippen molar-refractivity contribution in [1.82, 2.24) is 19.7 Å². The highest BCUT2D eigenvalue weighted by Crippen LogP contribution is 2.19. The lowest BCUT2D eigenvalue weighted by atomic mass is 10.3. The zero-order chi connectivity index (χ0) is 14.0. The van der Waals surface area contributed by atoms with E-state index in [0.717, 1.165) is 12.8 Å². The number of halogens is 1. The van der Waals surface area contributed by atoms with Gasteiger partial charge in [0.25, 0.3) is 5.91 Å². The Kier molecular flexibility index (Phi) is 3.80. The molecular formula is C12H14ClN5O. The monoisotopic (exact) mass is 279 g/mol. The second-order valence-electron chi connectivity index (χ2n) is 4.14. The number of rotatable bonds is 4. The number of amides is 1. The Balaban J connectivity index is 2.50. The number of aromatic nitrogens is 4. The maximum atomic E-state index is 11.1. The molecule has 0 unspecified atom stereocenters. The van der Waals surface area contributed by atoms with E-state index in [-0.39, 0.29) is 5.69 Å². The SMILES string of the molecule is CCCc1nc(Cl)c(C)c(-n2ccc(C(N)=O)n2)n1. The Labute approximate surface area is 115 Å². The smallest absolute Gasteiger partial charge is 0.269 e. The standard InChI is InChI=1S/C12H14ClN5O/c1-3-4-9-15-10(13)7(2)12(16-9)18-6-5-8(17-18)11(14)19/h5-6H,3-4H2,1-2H3,(H2,14,19). The number of hydrogen-bond donors (Lipinski definition) is 1. The van der Waals surface area contributed by atoms with Gasteiger partial charge in [-0.15, -0.1) is 0 Å². The normalized spacial score (nSPS) is 10.7. The molecule has 0 saturated carbocycles. The van der Waals surface area contributed by atoms with E-state index in [2.05, 4.69) is 15.1 Å². The van der Waals surface area contributed by atoms with Crippen molar-refractivity contribution in [3.8, 4) is 5.82 Å². The van der Waals surface area contributed by atoms with Crippen molar-refractivity contribution in [2.75, 3.05) is 0 Å². The van der Waals surface area contributed by atoms with Gasteiger partial charge in [0.2, 0.25) is 0 Å². The van der Waals surface area contributed by atoms with E-state index < -0.39 is 5.91 Å². The molecule has 0 aliphatic heterocycles. The number of nitrogens with two attached hydrogens (primary N) is 1. The third kappa shape index (κ3) is 2.73. The third-order valence-corrected chi connectivity index (χ3v) is 3.01. The molecule has 2 N–H and O–H groups in total. The van der Waals surface area contributed by atoms with Crippen LogP contribution < -0.4 is 5.73 Å². The van der Waals surface area contributed by atoms with Crippen molar-refractivity contribution in [3.05, 3.63) is 34.5 Å². The fourth-order valence-corrected chi connectivity index (χ4v) is 1.83. The van der Waals surface area contributed by atoms with Crippen molar-refractivity contribution in [2.24, 2.45) is 5.73 Å². The molecule has 2 aromatic rings. The number of carbonyl (C=O) groups is 1. The molecule has 0 fully saturated rings. The summed E-state index contributed by atoms with van der Waals surface area (Å²) in [6.45, 7) is 3.84. The highest BCUT2D eigenvalue weighted by atomic mass is 35.5. The summed E-state index contributed by atoms with van der Waals surface area (Å²) in [5.74, 6) is 0.644. The van der Waals surface area contributed by atoms with Gasteiger partial charge in [0.1, 0.15) is 16.7 Å². The second-order valence-corrected chi connectivity index (χ2v) is 4.50. The minimum atomic E-state index is -0.578. The molecule has 0 aliphatic rings. The summed E-state index contributed by atoms with van der Waals surface area (Å²) >= 11 is 6.09. The van der Waals surface area contributed by atoms with E-state index in [0.29, 0.717) is 22.4 Å². The molecule has 0 radical (unpaired) electrons. The molecule has 6 nitrogen and oxygen atoms in total. The van der Waals surface area contributed by atoms with Gasteiger partial charge in [0.15, 0.2) is 5.82 Å². The molecule has 2 heterocycles. The quantitative estimate of drug-likeness (QED) is 0.863. The topological polar surface area (TPSA) is 86.7 Å². The molecule has 0 spiro atoms. The summed E-state index contributed by atoms with van der Waals surface area (Å²) in [5.41, 5.74) is 6.07. The van der Waals surface area contributed by atoms with E-state index in [1.54, 1.807) is 13.1 Å². The maximum absolute atomic E-state index is 11.1. The first-order valence-electron chi connectivity index (χ1n) is 5.91. The molecule has 1 amide bonds. The van der Waals surface area contributed by atoms with Crippen LogP contribution in [0.3, 0.4) is 0 Å². The molecule has 0 atom stereocenters. The van der Waals surface area contributed by atoms with Gasteiger partial charge in [-0.05, 0) is 19.4 Å². The molecule has 2 rings (SSSR count). The van der Waals surface area contributed by atoms with Gasteiger partial charge < -0.3 is 5.73 Å². The maximum Gasteiger partial charge on any atom is 0.269 e. The summed E-state index contributed by atoms with van der Waals surface area (Å²) < 4.78 is 1.49. The molecule has 0 aliphatic carbocycles. The van der Waals surface area contributed by atoms with Crippen LogP contribution in [0, 0.1) is 6.92 Å². The Bertz CT molecular complexity index is 623. The third-order valence-electron chi connectivity index (χ3n) is 2.64. The Morgan fingerprint density at radius 1 is 1.47 bits per heavy atom. The molecule has 0 bridgehead atoms. The minimum absolute atomic E-state index is 0.186. The van der Waals surface area contributed by atoms with Gasteiger partial charge in [-0.25, -0.2) is 14.6 Å². The Morgan fingerprint density at radius 3 is 2.79 bits per heavy atom. The molecule has 2 aromatic heterocycles. The summed E-state index contributed by atoms with van der Waals surface area (Å²) in [6, 6.07) is 1.54. The number of nitrogens with zero attached hydrogens (tertiary/aromatic N) is 4. The first kappa shape index (κ1) is 13.5. The Morgan fingerprint density at radius 2 is 2.21 bits per heavy atom. The van der Waals surface area contributed by atoms with Crippen LogP contribution in [0.25, 0.3) is 5.82 Å². The number of hydrogen-bond acceptors (Lipinski definition) is 4. The zero-order valence-electron chi connectivity index (χ0n) is 10.7. The van der Waals surface area contributed by atoms with Crippen LogP contribution in [0.2, 0.25) is 5.15 Å². The van der Waals surface area contributed by atoms with Gasteiger partial charge in [0, 0.05) is 18.2 Å². The molecule has 100 valence electrons. The second kappa shape index (κ2) is 5.36. The van der Waals surface area contributed by atoms with E-state index >= 15 is 0 Å². The van der Waals surface area contributed by atoms with Crippen molar-refractivity contribution < 1.29 is 4.79 Å². The van der Waals surface area contributed by atoms with Gasteiger partial charge in [-0.1, -0.05) is 18.5 Å². The van der Waals surface area contributed by atoms with Crippen molar-refractivity contribution >= 4 is 17.5 Å². The van der Waals surface area contributed by atoms with Gasteiger partial charge in [0.05, 0.1) is 0 Å². The molecule has 0 aromatic carbocycles. The summed E-state index contributed by atoms with van der Waals surface area (Å²) in [7, 11) is 0. The zero-order valence-corrected chi connectivity index (χ0v) is 11.5. The first-order valence-corrected chi connectivity index (χ1v) is 6.29. The highest BCUT2D eigenvalue weighted by Gasteiger charge is 2.13. The molecular weight excluding hydrogens is 266 g/mol. The van der Waals surface area contributed by atoms with E-state index in [9.17, 15) is 4.79 Å². The van der Waals surface area contributed by atoms with Crippen LogP contribution in [0.5, 0.6) is 0 Å². The van der Waals surface area contributed by atoms with E-state index in [1.165, 1.54) is 10.7 Å². The van der Waals surface area contributed by atoms with Gasteiger partial charge in [-0.2, -0.15) is 5.10 Å². The van der Waals surface area contributed by atoms with Crippen LogP contribution in [-0.4, -0.2) is 25.7 Å². The summed E-state index contributed by atoms with van der Waals surface area (Å²) in [6.07, 6.45) is 3.28. The summed E-state index contributed by atoms with van der Waals surface area (Å²) in [4.78, 5) is 19.7. The fraction of sp³-hybridized carbons (Fsp3) is 0.333. The number of aryl methyl sites for hydroxylation is 1. The molecule has 19 heavy (non-hydrogen) atoms. The lowest BCUT2D eigenvalue weighted by molar-refractivity contribution is 0.0995. The highest BCUT2D eigenvalue weighted by molar-refractivity contribution is 6.30. The predicted molar refractivity (Wildman–Crippen MR) is 71.4 cm³/mol. The van der Waals surface area contributed by atoms with Crippen molar-refractivity contribution in [1.29, 1.82) is 0 Å². The lowest BCUT2D eigenvalue weighted by Crippen LogP contribution is -2.13. The van der Waals surface area contributed by atoms with Crippen molar-refractivity contribution in [3.63, 3.8) is 0 Å². The first-order chi connectivity index (χ1) is 9.02. The lowest BCUT2D eigenvalue weighted by Gasteiger charge is -2.08. The average molecular weight is 280 g/mol. The molecule has 7 heteroatoms. The van der Waals surface area contributed by atoms with Crippen LogP contribution in [0.1, 0.15) is 35.2 Å².